The Kier molecular flexibility index (Phi) is 6.75. The molecule has 0 bridgehead atoms. The van der Waals surface area contributed by atoms with Crippen molar-refractivity contribution in [3.8, 4) is 11.8 Å². The van der Waals surface area contributed by atoms with E-state index >= 15 is 0 Å². The monoisotopic (exact) mass is 452 g/mol. The number of nitrogens with zero attached hydrogens (tertiary/aromatic N) is 6. The molecule has 3 aromatic rings. The summed E-state index contributed by atoms with van der Waals surface area (Å²) in [6, 6.07) is 17.2. The Morgan fingerprint density at radius 2 is 1.94 bits per heavy atom. The van der Waals surface area contributed by atoms with E-state index in [2.05, 4.69) is 21.2 Å². The standard InChI is InChI=1S/C22H21ClN6OS/c23-18-3-1-4-20(13-18)29-16-25-26-22(29)31-15-21(30)28-10-2-9-27(11-12-28)19-7-5-17(14-24)6-8-19/h1,3-8,13,16H,2,9-12,15H2. The fourth-order valence-corrected chi connectivity index (χ4v) is 4.53. The predicted molar refractivity (Wildman–Crippen MR) is 122 cm³/mol. The Morgan fingerprint density at radius 1 is 1.10 bits per heavy atom. The summed E-state index contributed by atoms with van der Waals surface area (Å²) >= 11 is 7.46. The van der Waals surface area contributed by atoms with E-state index in [9.17, 15) is 4.79 Å². The molecule has 2 heterocycles. The van der Waals surface area contributed by atoms with Crippen molar-refractivity contribution in [2.75, 3.05) is 36.8 Å². The lowest BCUT2D eigenvalue weighted by Crippen LogP contribution is -2.36. The molecule has 0 N–H and O–H groups in total. The van der Waals surface area contributed by atoms with Gasteiger partial charge < -0.3 is 9.80 Å². The highest BCUT2D eigenvalue weighted by molar-refractivity contribution is 7.99. The van der Waals surface area contributed by atoms with Crippen molar-refractivity contribution in [1.82, 2.24) is 19.7 Å². The topological polar surface area (TPSA) is 78.1 Å². The van der Waals surface area contributed by atoms with E-state index in [1.807, 2.05) is 58.0 Å². The lowest BCUT2D eigenvalue weighted by Gasteiger charge is -2.23. The average Bonchev–Trinajstić information content (AvgIpc) is 3.13. The van der Waals surface area contributed by atoms with Gasteiger partial charge in [0.1, 0.15) is 6.33 Å². The molecule has 0 aliphatic carbocycles. The van der Waals surface area contributed by atoms with Crippen molar-refractivity contribution in [3.63, 3.8) is 0 Å². The molecule has 0 radical (unpaired) electrons. The number of nitriles is 1. The minimum Gasteiger partial charge on any atom is -0.370 e. The minimum atomic E-state index is 0.0901. The van der Waals surface area contributed by atoms with Crippen molar-refractivity contribution < 1.29 is 4.79 Å². The van der Waals surface area contributed by atoms with E-state index in [0.29, 0.717) is 28.0 Å². The summed E-state index contributed by atoms with van der Waals surface area (Å²) in [5.41, 5.74) is 2.59. The van der Waals surface area contributed by atoms with Crippen molar-refractivity contribution in [3.05, 3.63) is 65.4 Å². The molecule has 1 fully saturated rings. The average molecular weight is 453 g/mol. The van der Waals surface area contributed by atoms with Crippen LogP contribution in [0.15, 0.2) is 60.0 Å². The van der Waals surface area contributed by atoms with Crippen molar-refractivity contribution in [2.45, 2.75) is 11.6 Å². The maximum Gasteiger partial charge on any atom is 0.233 e. The van der Waals surface area contributed by atoms with Crippen LogP contribution in [0.2, 0.25) is 5.02 Å². The van der Waals surface area contributed by atoms with Crippen LogP contribution in [0.3, 0.4) is 0 Å². The summed E-state index contributed by atoms with van der Waals surface area (Å²) in [6.07, 6.45) is 2.52. The maximum atomic E-state index is 12.8. The van der Waals surface area contributed by atoms with E-state index < -0.39 is 0 Å². The van der Waals surface area contributed by atoms with Gasteiger partial charge in [0.2, 0.25) is 5.91 Å². The molecular weight excluding hydrogens is 432 g/mol. The van der Waals surface area contributed by atoms with E-state index in [4.69, 9.17) is 16.9 Å². The summed E-state index contributed by atoms with van der Waals surface area (Å²) in [6.45, 7) is 3.04. The molecule has 0 unspecified atom stereocenters. The molecule has 4 rings (SSSR count). The van der Waals surface area contributed by atoms with E-state index in [0.717, 1.165) is 37.4 Å². The summed E-state index contributed by atoms with van der Waals surface area (Å²) in [7, 11) is 0. The SMILES string of the molecule is N#Cc1ccc(N2CCCN(C(=O)CSc3nncn3-c3cccc(Cl)c3)CC2)cc1. The van der Waals surface area contributed by atoms with E-state index in [-0.39, 0.29) is 5.91 Å². The van der Waals surface area contributed by atoms with Crippen molar-refractivity contribution >= 4 is 35.0 Å². The Balaban J connectivity index is 1.35. The molecule has 9 heteroatoms. The number of carbonyl (C=O) groups is 1. The Bertz CT molecular complexity index is 1090. The zero-order chi connectivity index (χ0) is 21.6. The molecule has 31 heavy (non-hydrogen) atoms. The first kappa shape index (κ1) is 21.2. The van der Waals surface area contributed by atoms with Crippen LogP contribution in [0.5, 0.6) is 0 Å². The highest BCUT2D eigenvalue weighted by atomic mass is 35.5. The first-order valence-electron chi connectivity index (χ1n) is 9.96. The number of hydrogen-bond donors (Lipinski definition) is 0. The van der Waals surface area contributed by atoms with Gasteiger partial charge in [-0.1, -0.05) is 29.4 Å². The number of carbonyl (C=O) groups excluding carboxylic acids is 1. The Hall–Kier alpha value is -3.02. The van der Waals surface area contributed by atoms with Crippen LogP contribution < -0.4 is 4.90 Å². The molecule has 1 amide bonds. The van der Waals surface area contributed by atoms with Crippen LogP contribution in [-0.2, 0) is 4.79 Å². The smallest absolute Gasteiger partial charge is 0.233 e. The second kappa shape index (κ2) is 9.86. The molecule has 7 nitrogen and oxygen atoms in total. The number of aromatic nitrogens is 3. The summed E-state index contributed by atoms with van der Waals surface area (Å²) in [5, 5.41) is 18.4. The van der Waals surface area contributed by atoms with Gasteiger partial charge in [0, 0.05) is 36.9 Å². The second-order valence-electron chi connectivity index (χ2n) is 7.13. The number of amides is 1. The van der Waals surface area contributed by atoms with Crippen LogP contribution in [-0.4, -0.2) is 57.5 Å². The number of hydrogen-bond acceptors (Lipinski definition) is 6. The molecule has 0 spiro atoms. The third-order valence-electron chi connectivity index (χ3n) is 5.14. The summed E-state index contributed by atoms with van der Waals surface area (Å²) < 4.78 is 1.83. The minimum absolute atomic E-state index is 0.0901. The number of thioether (sulfide) groups is 1. The van der Waals surface area contributed by atoms with Gasteiger partial charge in [0.25, 0.3) is 0 Å². The van der Waals surface area contributed by atoms with Gasteiger partial charge in [-0.25, -0.2) is 0 Å². The molecular formula is C22H21ClN6OS. The lowest BCUT2D eigenvalue weighted by molar-refractivity contribution is -0.128. The number of halogens is 1. The Labute approximate surface area is 190 Å². The van der Waals surface area contributed by atoms with Crippen LogP contribution in [0, 0.1) is 11.3 Å². The molecule has 158 valence electrons. The van der Waals surface area contributed by atoms with Crippen LogP contribution in [0.25, 0.3) is 5.69 Å². The van der Waals surface area contributed by atoms with Gasteiger partial charge in [-0.2, -0.15) is 5.26 Å². The van der Waals surface area contributed by atoms with Crippen molar-refractivity contribution in [2.24, 2.45) is 0 Å². The normalized spacial score (nSPS) is 14.2. The van der Waals surface area contributed by atoms with Crippen molar-refractivity contribution in [1.29, 1.82) is 5.26 Å². The third kappa shape index (κ3) is 5.19. The Morgan fingerprint density at radius 3 is 2.71 bits per heavy atom. The molecule has 1 saturated heterocycles. The van der Waals surface area contributed by atoms with Gasteiger partial charge in [-0.3, -0.25) is 9.36 Å². The van der Waals surface area contributed by atoms with Gasteiger partial charge >= 0.3 is 0 Å². The van der Waals surface area contributed by atoms with Crippen LogP contribution >= 0.6 is 23.4 Å². The zero-order valence-electron chi connectivity index (χ0n) is 16.8. The quantitative estimate of drug-likeness (QED) is 0.550. The predicted octanol–water partition coefficient (Wildman–Crippen LogP) is 3.62. The lowest BCUT2D eigenvalue weighted by atomic mass is 10.2. The first-order chi connectivity index (χ1) is 15.1. The fourth-order valence-electron chi connectivity index (χ4n) is 3.52. The number of anilines is 1. The van der Waals surface area contributed by atoms with E-state index in [1.54, 1.807) is 6.33 Å². The first-order valence-corrected chi connectivity index (χ1v) is 11.3. The van der Waals surface area contributed by atoms with Gasteiger partial charge in [-0.15, -0.1) is 10.2 Å². The van der Waals surface area contributed by atoms with Gasteiger partial charge in [0.05, 0.1) is 23.1 Å². The van der Waals surface area contributed by atoms with Crippen LogP contribution in [0.4, 0.5) is 5.69 Å². The molecule has 1 aliphatic heterocycles. The second-order valence-corrected chi connectivity index (χ2v) is 8.51. The summed E-state index contributed by atoms with van der Waals surface area (Å²) in [4.78, 5) is 17.0. The largest absolute Gasteiger partial charge is 0.370 e. The third-order valence-corrected chi connectivity index (χ3v) is 6.30. The molecule has 1 aromatic heterocycles. The zero-order valence-corrected chi connectivity index (χ0v) is 18.4. The summed E-state index contributed by atoms with van der Waals surface area (Å²) in [5.74, 6) is 0.392. The highest BCUT2D eigenvalue weighted by Gasteiger charge is 2.20. The van der Waals surface area contributed by atoms with Gasteiger partial charge in [-0.05, 0) is 48.9 Å². The molecule has 0 saturated carbocycles. The molecule has 2 aromatic carbocycles. The van der Waals surface area contributed by atoms with Gasteiger partial charge in [0.15, 0.2) is 5.16 Å². The number of benzene rings is 2. The maximum absolute atomic E-state index is 12.8. The molecule has 0 atom stereocenters. The van der Waals surface area contributed by atoms with Crippen LogP contribution in [0.1, 0.15) is 12.0 Å². The highest BCUT2D eigenvalue weighted by Crippen LogP contribution is 2.23. The number of rotatable bonds is 5. The van der Waals surface area contributed by atoms with E-state index in [1.165, 1.54) is 11.8 Å². The molecule has 1 aliphatic rings. The fraction of sp³-hybridized carbons (Fsp3) is 0.273.